The molecule has 0 atom stereocenters. The van der Waals surface area contributed by atoms with Crippen LogP contribution in [0, 0.1) is 6.92 Å². The van der Waals surface area contributed by atoms with E-state index in [4.69, 9.17) is 21.1 Å². The molecule has 0 aliphatic heterocycles. The predicted octanol–water partition coefficient (Wildman–Crippen LogP) is 5.43. The van der Waals surface area contributed by atoms with Gasteiger partial charge in [-0.1, -0.05) is 30.7 Å². The van der Waals surface area contributed by atoms with Crippen LogP contribution in [0.25, 0.3) is 0 Å². The fourth-order valence-corrected chi connectivity index (χ4v) is 3.13. The number of halogens is 1. The van der Waals surface area contributed by atoms with Gasteiger partial charge in [0.25, 0.3) is 5.91 Å². The van der Waals surface area contributed by atoms with Crippen molar-refractivity contribution in [2.75, 3.05) is 13.2 Å². The number of hydrogen-bond donors (Lipinski definition) is 1. The van der Waals surface area contributed by atoms with Crippen LogP contribution in [0.1, 0.15) is 34.0 Å². The van der Waals surface area contributed by atoms with Crippen molar-refractivity contribution >= 4 is 23.7 Å². The summed E-state index contributed by atoms with van der Waals surface area (Å²) < 4.78 is 11.5. The summed E-state index contributed by atoms with van der Waals surface area (Å²) in [5.41, 5.74) is 6.22. The summed E-state index contributed by atoms with van der Waals surface area (Å²) in [6, 6.07) is 20.4. The highest BCUT2D eigenvalue weighted by atomic mass is 35.5. The van der Waals surface area contributed by atoms with Gasteiger partial charge >= 0.3 is 0 Å². The minimum absolute atomic E-state index is 0.321. The number of benzene rings is 3. The summed E-state index contributed by atoms with van der Waals surface area (Å²) in [5, 5.41) is 4.48. The number of rotatable bonds is 9. The van der Waals surface area contributed by atoms with E-state index in [1.54, 1.807) is 30.5 Å². The van der Waals surface area contributed by atoms with Gasteiger partial charge in [-0.25, -0.2) is 5.43 Å². The largest absolute Gasteiger partial charge is 0.490 e. The Labute approximate surface area is 187 Å². The first-order chi connectivity index (χ1) is 15.0. The lowest BCUT2D eigenvalue weighted by Gasteiger charge is -2.10. The molecule has 3 aromatic carbocycles. The van der Waals surface area contributed by atoms with Crippen molar-refractivity contribution < 1.29 is 14.3 Å². The van der Waals surface area contributed by atoms with Crippen LogP contribution in [0.15, 0.2) is 71.8 Å². The standard InChI is InChI=1S/C25H25ClN2O3/c1-3-19-13-18(2)14-24(15-19)31-12-11-30-23-9-7-20(8-10-23)17-27-28-25(29)21-5-4-6-22(26)16-21/h4-10,13-17H,3,11-12H2,1-2H3,(H,28,29). The molecule has 0 aliphatic rings. The third-order valence-electron chi connectivity index (χ3n) is 4.49. The highest BCUT2D eigenvalue weighted by Gasteiger charge is 2.04. The average Bonchev–Trinajstić information content (AvgIpc) is 2.77. The van der Waals surface area contributed by atoms with Gasteiger partial charge in [-0.05, 0) is 84.6 Å². The van der Waals surface area contributed by atoms with E-state index in [1.807, 2.05) is 30.3 Å². The second-order valence-corrected chi connectivity index (χ2v) is 7.42. The lowest BCUT2D eigenvalue weighted by Crippen LogP contribution is -2.17. The van der Waals surface area contributed by atoms with Crippen molar-refractivity contribution in [2.24, 2.45) is 5.10 Å². The van der Waals surface area contributed by atoms with Crippen molar-refractivity contribution in [1.29, 1.82) is 0 Å². The highest BCUT2D eigenvalue weighted by molar-refractivity contribution is 6.30. The second-order valence-electron chi connectivity index (χ2n) is 6.98. The van der Waals surface area contributed by atoms with Crippen LogP contribution in [0.4, 0.5) is 0 Å². The molecule has 5 nitrogen and oxygen atoms in total. The van der Waals surface area contributed by atoms with Gasteiger partial charge in [0.05, 0.1) is 6.21 Å². The van der Waals surface area contributed by atoms with E-state index < -0.39 is 0 Å². The molecule has 0 radical (unpaired) electrons. The van der Waals surface area contributed by atoms with Gasteiger partial charge < -0.3 is 9.47 Å². The topological polar surface area (TPSA) is 59.9 Å². The van der Waals surface area contributed by atoms with Gasteiger partial charge in [-0.15, -0.1) is 0 Å². The minimum Gasteiger partial charge on any atom is -0.490 e. The molecule has 31 heavy (non-hydrogen) atoms. The monoisotopic (exact) mass is 436 g/mol. The first-order valence-electron chi connectivity index (χ1n) is 10.1. The van der Waals surface area contributed by atoms with Crippen molar-refractivity contribution in [2.45, 2.75) is 20.3 Å². The number of hydrazone groups is 1. The molecule has 3 aromatic rings. The van der Waals surface area contributed by atoms with Crippen LogP contribution in [0.2, 0.25) is 5.02 Å². The van der Waals surface area contributed by atoms with Gasteiger partial charge in [0.2, 0.25) is 0 Å². The maximum Gasteiger partial charge on any atom is 0.271 e. The van der Waals surface area contributed by atoms with Gasteiger partial charge in [0.15, 0.2) is 0 Å². The lowest BCUT2D eigenvalue weighted by molar-refractivity contribution is 0.0955. The van der Waals surface area contributed by atoms with Crippen molar-refractivity contribution in [3.63, 3.8) is 0 Å². The summed E-state index contributed by atoms with van der Waals surface area (Å²) in [6.07, 6.45) is 2.55. The van der Waals surface area contributed by atoms with Gasteiger partial charge in [0.1, 0.15) is 24.7 Å². The predicted molar refractivity (Wildman–Crippen MR) is 125 cm³/mol. The molecule has 0 saturated carbocycles. The van der Waals surface area contributed by atoms with E-state index in [2.05, 4.69) is 36.5 Å². The fourth-order valence-electron chi connectivity index (χ4n) is 2.94. The summed E-state index contributed by atoms with van der Waals surface area (Å²) >= 11 is 5.89. The Morgan fingerprint density at radius 1 is 1.00 bits per heavy atom. The van der Waals surface area contributed by atoms with Crippen LogP contribution >= 0.6 is 11.6 Å². The van der Waals surface area contributed by atoms with Crippen LogP contribution < -0.4 is 14.9 Å². The number of amides is 1. The Balaban J connectivity index is 1.43. The number of hydrogen-bond acceptors (Lipinski definition) is 4. The number of nitrogens with one attached hydrogen (secondary N) is 1. The molecule has 3 rings (SSSR count). The smallest absolute Gasteiger partial charge is 0.271 e. The summed E-state index contributed by atoms with van der Waals surface area (Å²) in [7, 11) is 0. The van der Waals surface area contributed by atoms with Gasteiger partial charge in [-0.3, -0.25) is 4.79 Å². The average molecular weight is 437 g/mol. The van der Waals surface area contributed by atoms with Crippen LogP contribution in [-0.2, 0) is 6.42 Å². The number of aryl methyl sites for hydroxylation is 2. The van der Waals surface area contributed by atoms with Crippen molar-refractivity contribution in [3.05, 3.63) is 94.0 Å². The third-order valence-corrected chi connectivity index (χ3v) is 4.72. The maximum absolute atomic E-state index is 12.0. The SMILES string of the molecule is CCc1cc(C)cc(OCCOc2ccc(C=NNC(=O)c3cccc(Cl)c3)cc2)c1. The molecular weight excluding hydrogens is 412 g/mol. The zero-order chi connectivity index (χ0) is 22.1. The Kier molecular flexibility index (Phi) is 8.07. The molecule has 0 spiro atoms. The lowest BCUT2D eigenvalue weighted by atomic mass is 10.1. The quantitative estimate of drug-likeness (QED) is 0.276. The first-order valence-corrected chi connectivity index (χ1v) is 10.5. The number of ether oxygens (including phenoxy) is 2. The minimum atomic E-state index is -0.321. The molecule has 0 fully saturated rings. The van der Waals surface area contributed by atoms with E-state index in [-0.39, 0.29) is 5.91 Å². The molecule has 1 amide bonds. The molecule has 0 aromatic heterocycles. The Hall–Kier alpha value is -3.31. The molecule has 160 valence electrons. The van der Waals surface area contributed by atoms with E-state index in [9.17, 15) is 4.79 Å². The number of nitrogens with zero attached hydrogens (tertiary/aromatic N) is 1. The van der Waals surface area contributed by atoms with E-state index >= 15 is 0 Å². The van der Waals surface area contributed by atoms with E-state index in [1.165, 1.54) is 11.1 Å². The number of carbonyl (C=O) groups excluding carboxylic acids is 1. The third kappa shape index (κ3) is 7.15. The van der Waals surface area contributed by atoms with Crippen molar-refractivity contribution in [1.82, 2.24) is 5.43 Å². The van der Waals surface area contributed by atoms with E-state index in [0.29, 0.717) is 23.8 Å². The van der Waals surface area contributed by atoms with E-state index in [0.717, 1.165) is 23.5 Å². The molecule has 0 bridgehead atoms. The van der Waals surface area contributed by atoms with Crippen LogP contribution in [-0.4, -0.2) is 25.3 Å². The number of carbonyl (C=O) groups is 1. The Morgan fingerprint density at radius 3 is 2.45 bits per heavy atom. The molecule has 0 aliphatic carbocycles. The Morgan fingerprint density at radius 2 is 1.74 bits per heavy atom. The summed E-state index contributed by atoms with van der Waals surface area (Å²) in [5.74, 6) is 1.28. The zero-order valence-corrected chi connectivity index (χ0v) is 18.4. The molecule has 0 heterocycles. The normalized spacial score (nSPS) is 10.8. The maximum atomic E-state index is 12.0. The summed E-state index contributed by atoms with van der Waals surface area (Å²) in [4.78, 5) is 12.0. The molecule has 0 saturated heterocycles. The molecule has 6 heteroatoms. The molecular formula is C25H25ClN2O3. The molecule has 1 N–H and O–H groups in total. The fraction of sp³-hybridized carbons (Fsp3) is 0.200. The summed E-state index contributed by atoms with van der Waals surface area (Å²) in [6.45, 7) is 5.10. The van der Waals surface area contributed by atoms with Crippen LogP contribution in [0.5, 0.6) is 11.5 Å². The second kappa shape index (κ2) is 11.2. The first kappa shape index (κ1) is 22.4. The Bertz CT molecular complexity index is 1050. The molecule has 0 unspecified atom stereocenters. The van der Waals surface area contributed by atoms with Crippen molar-refractivity contribution in [3.8, 4) is 11.5 Å². The van der Waals surface area contributed by atoms with Gasteiger partial charge in [0, 0.05) is 10.6 Å². The zero-order valence-electron chi connectivity index (χ0n) is 17.6. The highest BCUT2D eigenvalue weighted by Crippen LogP contribution is 2.17. The van der Waals surface area contributed by atoms with Gasteiger partial charge in [-0.2, -0.15) is 5.10 Å². The van der Waals surface area contributed by atoms with Crippen LogP contribution in [0.3, 0.4) is 0 Å².